The zero-order chi connectivity index (χ0) is 18.5. The van der Waals surface area contributed by atoms with Crippen LogP contribution in [0.2, 0.25) is 0 Å². The number of rotatable bonds is 5. The van der Waals surface area contributed by atoms with Crippen LogP contribution in [0.1, 0.15) is 44.6 Å². The lowest BCUT2D eigenvalue weighted by molar-refractivity contribution is -0.161. The van der Waals surface area contributed by atoms with Gasteiger partial charge in [0, 0.05) is 30.9 Å². The normalized spacial score (nSPS) is 21.5. The molecule has 0 unspecified atom stereocenters. The van der Waals surface area contributed by atoms with E-state index in [1.807, 2.05) is 29.7 Å². The number of aromatic nitrogens is 2. The van der Waals surface area contributed by atoms with Gasteiger partial charge in [-0.3, -0.25) is 9.48 Å². The predicted molar refractivity (Wildman–Crippen MR) is 102 cm³/mol. The Hall–Kier alpha value is -1.88. The Balaban J connectivity index is 1.36. The van der Waals surface area contributed by atoms with Gasteiger partial charge in [0.15, 0.2) is 0 Å². The van der Waals surface area contributed by atoms with Crippen molar-refractivity contribution >= 4 is 16.8 Å². The highest BCUT2D eigenvalue weighted by Gasteiger charge is 2.55. The highest BCUT2D eigenvalue weighted by Crippen LogP contribution is 2.56. The van der Waals surface area contributed by atoms with E-state index in [4.69, 9.17) is 0 Å². The van der Waals surface area contributed by atoms with Crippen molar-refractivity contribution in [1.29, 1.82) is 0 Å². The number of hydrogen-bond acceptors (Lipinski definition) is 3. The van der Waals surface area contributed by atoms with E-state index >= 15 is 0 Å². The summed E-state index contributed by atoms with van der Waals surface area (Å²) in [5, 5.41) is 14.9. The fourth-order valence-corrected chi connectivity index (χ4v) is 4.94. The molecule has 2 aliphatic rings. The van der Waals surface area contributed by atoms with E-state index in [1.54, 1.807) is 0 Å². The van der Waals surface area contributed by atoms with Gasteiger partial charge in [-0.25, -0.2) is 0 Å². The average molecular weight is 355 g/mol. The number of aliphatic hydroxyl groups is 1. The molecule has 2 atom stereocenters. The first kappa shape index (κ1) is 17.5. The number of nitrogens with zero attached hydrogens (tertiary/aromatic N) is 3. The molecular weight excluding hydrogens is 326 g/mol. The summed E-state index contributed by atoms with van der Waals surface area (Å²) in [4.78, 5) is 14.3. The Kier molecular flexibility index (Phi) is 4.30. The molecule has 26 heavy (non-hydrogen) atoms. The van der Waals surface area contributed by atoms with Crippen LogP contribution in [-0.4, -0.2) is 45.4 Å². The average Bonchev–Trinajstić information content (AvgIpc) is 2.94. The molecule has 1 aromatic carbocycles. The number of hydrogen-bond donors (Lipinski definition) is 1. The lowest BCUT2D eigenvalue weighted by Gasteiger charge is -2.60. The third-order valence-electron chi connectivity index (χ3n) is 6.82. The summed E-state index contributed by atoms with van der Waals surface area (Å²) in [6.07, 6.45) is 5.04. The second-order valence-corrected chi connectivity index (χ2v) is 8.53. The van der Waals surface area contributed by atoms with Crippen LogP contribution in [0.25, 0.3) is 10.9 Å². The minimum absolute atomic E-state index is 0.0328. The zero-order valence-corrected chi connectivity index (χ0v) is 16.0. The molecule has 5 nitrogen and oxygen atoms in total. The Morgan fingerprint density at radius 2 is 2.12 bits per heavy atom. The molecule has 1 amide bonds. The van der Waals surface area contributed by atoms with E-state index in [2.05, 4.69) is 30.2 Å². The van der Waals surface area contributed by atoms with Crippen LogP contribution in [0.5, 0.6) is 0 Å². The quantitative estimate of drug-likeness (QED) is 0.897. The molecule has 1 spiro atoms. The van der Waals surface area contributed by atoms with E-state index in [0.717, 1.165) is 19.5 Å². The van der Waals surface area contributed by atoms with Crippen LogP contribution in [-0.2, 0) is 11.8 Å². The van der Waals surface area contributed by atoms with Gasteiger partial charge >= 0.3 is 0 Å². The molecule has 2 fully saturated rings. The number of carbonyl (C=O) groups is 1. The van der Waals surface area contributed by atoms with Crippen molar-refractivity contribution in [3.05, 3.63) is 30.0 Å². The van der Waals surface area contributed by atoms with Gasteiger partial charge in [-0.1, -0.05) is 26.0 Å². The maximum Gasteiger partial charge on any atom is 0.228 e. The van der Waals surface area contributed by atoms with Crippen LogP contribution in [0.3, 0.4) is 0 Å². The molecular formula is C21H29N3O2. The molecule has 1 N–H and O–H groups in total. The number of carbonyl (C=O) groups excluding carboxylic acids is 1. The van der Waals surface area contributed by atoms with Crippen molar-refractivity contribution in [1.82, 2.24) is 14.7 Å². The van der Waals surface area contributed by atoms with Crippen molar-refractivity contribution < 1.29 is 9.90 Å². The number of aliphatic hydroxyl groups excluding tert-OH is 1. The molecule has 1 saturated heterocycles. The second-order valence-electron chi connectivity index (χ2n) is 8.53. The van der Waals surface area contributed by atoms with Gasteiger partial charge in [0.2, 0.25) is 5.91 Å². The SMILES string of the molecule is CC[C@H](CO)C(=O)N1CC2(CC([C@H](C)c3ccc4cnn(C)c4c3)C2)C1. The van der Waals surface area contributed by atoms with E-state index in [0.29, 0.717) is 17.3 Å². The predicted octanol–water partition coefficient (Wildman–Crippen LogP) is 2.93. The molecule has 5 heteroatoms. The van der Waals surface area contributed by atoms with Gasteiger partial charge in [-0.05, 0) is 42.7 Å². The molecule has 1 aliphatic carbocycles. The molecule has 0 radical (unpaired) electrons. The maximum absolute atomic E-state index is 12.3. The summed E-state index contributed by atoms with van der Waals surface area (Å²) < 4.78 is 1.94. The molecule has 1 saturated carbocycles. The van der Waals surface area contributed by atoms with E-state index < -0.39 is 0 Å². The number of likely N-dealkylation sites (tertiary alicyclic amines) is 1. The summed E-state index contributed by atoms with van der Waals surface area (Å²) >= 11 is 0. The smallest absolute Gasteiger partial charge is 0.228 e. The first-order valence-electron chi connectivity index (χ1n) is 9.77. The molecule has 1 aliphatic heterocycles. The maximum atomic E-state index is 12.3. The Morgan fingerprint density at radius 3 is 2.77 bits per heavy atom. The molecule has 0 bridgehead atoms. The van der Waals surface area contributed by atoms with Gasteiger partial charge in [0.25, 0.3) is 0 Å². The van der Waals surface area contributed by atoms with Crippen molar-refractivity contribution in [3.63, 3.8) is 0 Å². The third-order valence-corrected chi connectivity index (χ3v) is 6.82. The standard InChI is InChI=1S/C21H29N3O2/c1-4-15(11-25)20(26)24-12-21(13-24)8-18(9-21)14(2)16-5-6-17-10-22-23(3)19(17)7-16/h5-7,10,14-15,18,25H,4,8-9,11-13H2,1-3H3/t14-,15-/m1/s1. The van der Waals surface area contributed by atoms with Crippen LogP contribution in [0, 0.1) is 17.3 Å². The lowest BCUT2D eigenvalue weighted by atomic mass is 9.54. The Morgan fingerprint density at radius 1 is 1.38 bits per heavy atom. The summed E-state index contributed by atoms with van der Waals surface area (Å²) in [6.45, 7) is 6.03. The minimum Gasteiger partial charge on any atom is -0.396 e. The number of amides is 1. The van der Waals surface area contributed by atoms with Gasteiger partial charge in [0.05, 0.1) is 24.2 Å². The molecule has 4 rings (SSSR count). The van der Waals surface area contributed by atoms with Gasteiger partial charge in [-0.2, -0.15) is 5.10 Å². The first-order valence-corrected chi connectivity index (χ1v) is 9.77. The second kappa shape index (κ2) is 6.38. The monoisotopic (exact) mass is 355 g/mol. The van der Waals surface area contributed by atoms with Crippen molar-refractivity contribution in [2.24, 2.45) is 24.3 Å². The van der Waals surface area contributed by atoms with E-state index in [9.17, 15) is 9.90 Å². The van der Waals surface area contributed by atoms with Gasteiger partial charge in [0.1, 0.15) is 0 Å². The Labute approximate surface area is 155 Å². The molecule has 140 valence electrons. The van der Waals surface area contributed by atoms with Crippen molar-refractivity contribution in [2.45, 2.75) is 39.0 Å². The van der Waals surface area contributed by atoms with Crippen LogP contribution >= 0.6 is 0 Å². The van der Waals surface area contributed by atoms with E-state index in [1.165, 1.54) is 29.3 Å². The molecule has 1 aromatic heterocycles. The Bertz CT molecular complexity index is 810. The first-order chi connectivity index (χ1) is 12.5. The minimum atomic E-state index is -0.215. The molecule has 2 aromatic rings. The number of benzene rings is 1. The number of fused-ring (bicyclic) bond motifs is 1. The summed E-state index contributed by atoms with van der Waals surface area (Å²) in [5.74, 6) is 1.15. The van der Waals surface area contributed by atoms with Gasteiger partial charge in [-0.15, -0.1) is 0 Å². The zero-order valence-electron chi connectivity index (χ0n) is 16.0. The summed E-state index contributed by atoms with van der Waals surface area (Å²) in [7, 11) is 1.99. The fourth-order valence-electron chi connectivity index (χ4n) is 4.94. The van der Waals surface area contributed by atoms with Crippen molar-refractivity contribution in [2.75, 3.05) is 19.7 Å². The van der Waals surface area contributed by atoms with Crippen molar-refractivity contribution in [3.8, 4) is 0 Å². The summed E-state index contributed by atoms with van der Waals surface area (Å²) in [6, 6.07) is 6.69. The topological polar surface area (TPSA) is 58.4 Å². The van der Waals surface area contributed by atoms with Gasteiger partial charge < -0.3 is 10.0 Å². The van der Waals surface area contributed by atoms with Crippen LogP contribution in [0.15, 0.2) is 24.4 Å². The van der Waals surface area contributed by atoms with E-state index in [-0.39, 0.29) is 18.4 Å². The largest absolute Gasteiger partial charge is 0.396 e. The highest BCUT2D eigenvalue weighted by atomic mass is 16.3. The third kappa shape index (κ3) is 2.73. The summed E-state index contributed by atoms with van der Waals surface area (Å²) in [5.41, 5.74) is 2.93. The fraction of sp³-hybridized carbons (Fsp3) is 0.619. The molecule has 2 heterocycles. The lowest BCUT2D eigenvalue weighted by Crippen LogP contribution is -2.65. The van der Waals surface area contributed by atoms with Crippen LogP contribution < -0.4 is 0 Å². The number of aryl methyl sites for hydroxylation is 1. The highest BCUT2D eigenvalue weighted by molar-refractivity contribution is 5.80. The van der Waals surface area contributed by atoms with Crippen LogP contribution in [0.4, 0.5) is 0 Å².